The molecule has 0 fully saturated rings. The van der Waals surface area contributed by atoms with Crippen molar-refractivity contribution in [2.45, 2.75) is 47.0 Å². The van der Waals surface area contributed by atoms with E-state index in [0.29, 0.717) is 5.75 Å². The number of hydrogen-bond donors (Lipinski definition) is 1. The van der Waals surface area contributed by atoms with Crippen LogP contribution in [0, 0.1) is 0 Å². The van der Waals surface area contributed by atoms with E-state index in [-0.39, 0.29) is 0 Å². The zero-order valence-electron chi connectivity index (χ0n) is 13.3. The van der Waals surface area contributed by atoms with Crippen LogP contribution >= 0.6 is 0 Å². The molecule has 1 aromatic carbocycles. The summed E-state index contributed by atoms with van der Waals surface area (Å²) in [7, 11) is 0. The maximum atomic E-state index is 9.70. The summed E-state index contributed by atoms with van der Waals surface area (Å²) in [6.45, 7) is 12.0. The standard InChI is InChI=1S/C17H22O.C2H6/c1-4-15(5-2)10-8-9-14(3)13-16-11-6-7-12-17(16)18;1-2/h4,6-7,9-12,18H,1,5,8,13H2,2-3H3;1-2H3/b14-9+,15-10+;. The lowest BCUT2D eigenvalue weighted by Crippen LogP contribution is -1.87. The lowest BCUT2D eigenvalue weighted by atomic mass is 10.0. The smallest absolute Gasteiger partial charge is 0.119 e. The van der Waals surface area contributed by atoms with Gasteiger partial charge in [-0.15, -0.1) is 0 Å². The fourth-order valence-corrected chi connectivity index (χ4v) is 1.82. The minimum Gasteiger partial charge on any atom is -0.508 e. The summed E-state index contributed by atoms with van der Waals surface area (Å²) < 4.78 is 0. The first kappa shape index (κ1) is 18.2. The average Bonchev–Trinajstić information content (AvgIpc) is 2.48. The number of allylic oxidation sites excluding steroid dienone is 5. The summed E-state index contributed by atoms with van der Waals surface area (Å²) in [6.07, 6.45) is 9.06. The maximum Gasteiger partial charge on any atom is 0.119 e. The molecule has 0 aliphatic heterocycles. The van der Waals surface area contributed by atoms with Crippen molar-refractivity contribution in [3.05, 3.63) is 65.8 Å². The Hall–Kier alpha value is -1.76. The van der Waals surface area contributed by atoms with Crippen LogP contribution in [0.5, 0.6) is 5.75 Å². The van der Waals surface area contributed by atoms with Gasteiger partial charge in [-0.25, -0.2) is 0 Å². The third kappa shape index (κ3) is 6.98. The van der Waals surface area contributed by atoms with Gasteiger partial charge in [-0.05, 0) is 37.8 Å². The van der Waals surface area contributed by atoms with E-state index in [0.717, 1.165) is 24.8 Å². The summed E-state index contributed by atoms with van der Waals surface area (Å²) in [5.41, 5.74) is 3.53. The van der Waals surface area contributed by atoms with Crippen LogP contribution in [0.1, 0.15) is 46.1 Å². The molecule has 0 aromatic heterocycles. The van der Waals surface area contributed by atoms with E-state index in [2.05, 4.69) is 32.6 Å². The molecule has 110 valence electrons. The number of para-hydroxylation sites is 1. The first-order valence-electron chi connectivity index (χ1n) is 7.41. The van der Waals surface area contributed by atoms with Gasteiger partial charge < -0.3 is 5.11 Å². The number of phenolic OH excluding ortho intramolecular Hbond substituents is 1. The highest BCUT2D eigenvalue weighted by Crippen LogP contribution is 2.19. The molecule has 0 atom stereocenters. The summed E-state index contributed by atoms with van der Waals surface area (Å²) in [5.74, 6) is 0.376. The van der Waals surface area contributed by atoms with E-state index < -0.39 is 0 Å². The van der Waals surface area contributed by atoms with Crippen LogP contribution in [0.15, 0.2) is 60.2 Å². The molecule has 0 saturated carbocycles. The average molecular weight is 272 g/mol. The lowest BCUT2D eigenvalue weighted by molar-refractivity contribution is 0.469. The van der Waals surface area contributed by atoms with Crippen molar-refractivity contribution in [1.29, 1.82) is 0 Å². The first-order valence-corrected chi connectivity index (χ1v) is 7.41. The third-order valence-corrected chi connectivity index (χ3v) is 2.98. The topological polar surface area (TPSA) is 20.2 Å². The van der Waals surface area contributed by atoms with Crippen LogP contribution in [-0.4, -0.2) is 5.11 Å². The number of phenols is 1. The van der Waals surface area contributed by atoms with E-state index in [1.807, 2.05) is 38.1 Å². The predicted octanol–water partition coefficient (Wildman–Crippen LogP) is 5.82. The van der Waals surface area contributed by atoms with Crippen molar-refractivity contribution < 1.29 is 5.11 Å². The molecule has 0 radical (unpaired) electrons. The number of hydrogen-bond acceptors (Lipinski definition) is 1. The van der Waals surface area contributed by atoms with Gasteiger partial charge in [-0.2, -0.15) is 0 Å². The summed E-state index contributed by atoms with van der Waals surface area (Å²) >= 11 is 0. The van der Waals surface area contributed by atoms with E-state index in [1.165, 1.54) is 11.1 Å². The first-order chi connectivity index (χ1) is 9.67. The molecule has 0 spiro atoms. The Bertz CT molecular complexity index is 453. The van der Waals surface area contributed by atoms with Crippen molar-refractivity contribution in [2.24, 2.45) is 0 Å². The minimum absolute atomic E-state index is 0.376. The van der Waals surface area contributed by atoms with Crippen molar-refractivity contribution in [2.75, 3.05) is 0 Å². The molecule has 0 heterocycles. The van der Waals surface area contributed by atoms with Gasteiger partial charge in [-0.1, -0.05) is 74.9 Å². The molecule has 1 nitrogen and oxygen atoms in total. The molecule has 0 aliphatic carbocycles. The molecule has 1 rings (SSSR count). The van der Waals surface area contributed by atoms with Gasteiger partial charge in [0.05, 0.1) is 0 Å². The van der Waals surface area contributed by atoms with Crippen molar-refractivity contribution in [1.82, 2.24) is 0 Å². The Balaban J connectivity index is 0.00000172. The van der Waals surface area contributed by atoms with Gasteiger partial charge in [0.15, 0.2) is 0 Å². The third-order valence-electron chi connectivity index (χ3n) is 2.98. The van der Waals surface area contributed by atoms with Crippen LogP contribution in [-0.2, 0) is 6.42 Å². The molecule has 20 heavy (non-hydrogen) atoms. The highest BCUT2D eigenvalue weighted by molar-refractivity contribution is 5.34. The number of rotatable bonds is 6. The second-order valence-electron chi connectivity index (χ2n) is 4.43. The molecular formula is C19H28O. The zero-order valence-corrected chi connectivity index (χ0v) is 13.3. The predicted molar refractivity (Wildman–Crippen MR) is 90.1 cm³/mol. The van der Waals surface area contributed by atoms with E-state index in [4.69, 9.17) is 0 Å². The van der Waals surface area contributed by atoms with Gasteiger partial charge in [0.2, 0.25) is 0 Å². The van der Waals surface area contributed by atoms with Gasteiger partial charge in [-0.3, -0.25) is 0 Å². The van der Waals surface area contributed by atoms with Crippen molar-refractivity contribution in [3.63, 3.8) is 0 Å². The van der Waals surface area contributed by atoms with E-state index in [1.54, 1.807) is 6.07 Å². The highest BCUT2D eigenvalue weighted by Gasteiger charge is 1.99. The fraction of sp³-hybridized carbons (Fsp3) is 0.368. The van der Waals surface area contributed by atoms with Crippen LogP contribution < -0.4 is 0 Å². The molecule has 0 saturated heterocycles. The molecule has 0 aliphatic rings. The summed E-state index contributed by atoms with van der Waals surface area (Å²) in [4.78, 5) is 0. The Morgan fingerprint density at radius 2 is 1.85 bits per heavy atom. The minimum atomic E-state index is 0.376. The Labute approximate surface area is 124 Å². The normalized spacial score (nSPS) is 11.6. The van der Waals surface area contributed by atoms with E-state index in [9.17, 15) is 5.11 Å². The van der Waals surface area contributed by atoms with Crippen molar-refractivity contribution in [3.8, 4) is 5.75 Å². The molecule has 1 N–H and O–H groups in total. The molecule has 0 bridgehead atoms. The molecule has 0 amide bonds. The van der Waals surface area contributed by atoms with Crippen LogP contribution in [0.3, 0.4) is 0 Å². The largest absolute Gasteiger partial charge is 0.508 e. The van der Waals surface area contributed by atoms with Crippen molar-refractivity contribution >= 4 is 0 Å². The van der Waals surface area contributed by atoms with Gasteiger partial charge in [0.1, 0.15) is 5.75 Å². The number of benzene rings is 1. The van der Waals surface area contributed by atoms with Gasteiger partial charge in [0, 0.05) is 0 Å². The molecule has 1 heteroatoms. The molecule has 0 unspecified atom stereocenters. The Kier molecular flexibility index (Phi) is 10.1. The van der Waals surface area contributed by atoms with Crippen LogP contribution in [0.25, 0.3) is 0 Å². The lowest BCUT2D eigenvalue weighted by Gasteiger charge is -2.04. The zero-order chi connectivity index (χ0) is 15.4. The van der Waals surface area contributed by atoms with Crippen LogP contribution in [0.2, 0.25) is 0 Å². The van der Waals surface area contributed by atoms with Gasteiger partial charge >= 0.3 is 0 Å². The molecule has 1 aromatic rings. The monoisotopic (exact) mass is 272 g/mol. The second-order valence-corrected chi connectivity index (χ2v) is 4.43. The Morgan fingerprint density at radius 3 is 2.40 bits per heavy atom. The fourth-order valence-electron chi connectivity index (χ4n) is 1.82. The van der Waals surface area contributed by atoms with Crippen LogP contribution in [0.4, 0.5) is 0 Å². The second kappa shape index (κ2) is 11.1. The van der Waals surface area contributed by atoms with Gasteiger partial charge in [0.25, 0.3) is 0 Å². The van der Waals surface area contributed by atoms with E-state index >= 15 is 0 Å². The SMILES string of the molecule is C=C/C(=C\C/C=C(\C)Cc1ccccc1O)CC.CC. The molecular weight excluding hydrogens is 244 g/mol. The maximum absolute atomic E-state index is 9.70. The number of aromatic hydroxyl groups is 1. The quantitative estimate of drug-likeness (QED) is 0.511. The highest BCUT2D eigenvalue weighted by atomic mass is 16.3. The Morgan fingerprint density at radius 1 is 1.20 bits per heavy atom. The summed E-state index contributed by atoms with van der Waals surface area (Å²) in [6, 6.07) is 7.49. The summed E-state index contributed by atoms with van der Waals surface area (Å²) in [5, 5.41) is 9.70.